The van der Waals surface area contributed by atoms with Crippen molar-refractivity contribution in [1.82, 2.24) is 0 Å². The third-order valence-electron chi connectivity index (χ3n) is 2.83. The lowest BCUT2D eigenvalue weighted by atomic mass is 10.1. The molecule has 1 saturated heterocycles. The molecule has 0 aromatic heterocycles. The highest BCUT2D eigenvalue weighted by Gasteiger charge is 2.31. The van der Waals surface area contributed by atoms with E-state index in [0.717, 1.165) is 0 Å². The molecular weight excluding hydrogens is 259 g/mol. The first-order valence-electron chi connectivity index (χ1n) is 5.38. The van der Waals surface area contributed by atoms with Crippen molar-refractivity contribution >= 4 is 23.2 Å². The topological polar surface area (TPSA) is 69.1 Å². The van der Waals surface area contributed by atoms with Crippen LogP contribution in [0.2, 0.25) is 5.02 Å². The second-order valence-electron chi connectivity index (χ2n) is 4.06. The number of nitrogens with zero attached hydrogens (tertiary/aromatic N) is 4. The summed E-state index contributed by atoms with van der Waals surface area (Å²) in [6, 6.07) is 4.34. The van der Waals surface area contributed by atoms with Crippen LogP contribution >= 0.6 is 11.6 Å². The zero-order valence-electron chi connectivity index (χ0n) is 9.38. The predicted molar refractivity (Wildman–Crippen MR) is 65.9 cm³/mol. The lowest BCUT2D eigenvalue weighted by Gasteiger charge is -2.18. The van der Waals surface area contributed by atoms with Crippen LogP contribution in [0.1, 0.15) is 6.42 Å². The van der Waals surface area contributed by atoms with E-state index in [1.54, 1.807) is 6.07 Å². The number of carbonyl (C=O) groups excluding carboxylic acids is 1. The van der Waals surface area contributed by atoms with Gasteiger partial charge >= 0.3 is 0 Å². The smallest absolute Gasteiger partial charge is 0.227 e. The van der Waals surface area contributed by atoms with Crippen molar-refractivity contribution < 1.29 is 9.18 Å². The number of hydrogen-bond donors (Lipinski definition) is 0. The highest BCUT2D eigenvalue weighted by molar-refractivity contribution is 6.34. The van der Waals surface area contributed by atoms with Crippen LogP contribution in [-0.2, 0) is 4.79 Å². The molecule has 1 atom stereocenters. The van der Waals surface area contributed by atoms with Gasteiger partial charge in [0.05, 0.1) is 5.69 Å². The summed E-state index contributed by atoms with van der Waals surface area (Å²) in [6.45, 7) is 0.646. The molecule has 1 unspecified atom stereocenters. The molecule has 0 spiro atoms. The summed E-state index contributed by atoms with van der Waals surface area (Å²) >= 11 is 5.84. The Bertz CT molecular complexity index is 530. The van der Waals surface area contributed by atoms with E-state index in [0.29, 0.717) is 12.2 Å². The molecule has 0 aliphatic carbocycles. The molecule has 1 aliphatic rings. The Morgan fingerprint density at radius 2 is 2.39 bits per heavy atom. The molecule has 0 radical (unpaired) electrons. The minimum absolute atomic E-state index is 0.0484. The fraction of sp³-hybridized carbons (Fsp3) is 0.364. The molecule has 94 valence electrons. The van der Waals surface area contributed by atoms with Gasteiger partial charge in [-0.05, 0) is 23.6 Å². The van der Waals surface area contributed by atoms with E-state index in [4.69, 9.17) is 17.1 Å². The van der Waals surface area contributed by atoms with Crippen molar-refractivity contribution in [1.29, 1.82) is 0 Å². The molecule has 2 rings (SSSR count). The third-order valence-corrected chi connectivity index (χ3v) is 3.20. The van der Waals surface area contributed by atoms with E-state index < -0.39 is 5.82 Å². The van der Waals surface area contributed by atoms with E-state index >= 15 is 0 Å². The summed E-state index contributed by atoms with van der Waals surface area (Å²) in [4.78, 5) is 15.9. The first kappa shape index (κ1) is 12.7. The highest BCUT2D eigenvalue weighted by Crippen LogP contribution is 2.32. The van der Waals surface area contributed by atoms with Crippen LogP contribution in [0.25, 0.3) is 10.4 Å². The van der Waals surface area contributed by atoms with E-state index in [1.807, 2.05) is 0 Å². The maximum absolute atomic E-state index is 13.3. The number of azide groups is 1. The molecule has 18 heavy (non-hydrogen) atoms. The van der Waals surface area contributed by atoms with Crippen LogP contribution < -0.4 is 4.90 Å². The number of halogens is 2. The molecule has 0 N–H and O–H groups in total. The van der Waals surface area contributed by atoms with Gasteiger partial charge in [-0.2, -0.15) is 0 Å². The van der Waals surface area contributed by atoms with Crippen molar-refractivity contribution in [3.63, 3.8) is 0 Å². The summed E-state index contributed by atoms with van der Waals surface area (Å²) in [5.41, 5.74) is 8.61. The Kier molecular flexibility index (Phi) is 3.69. The molecule has 1 amide bonds. The molecule has 1 aromatic rings. The second-order valence-corrected chi connectivity index (χ2v) is 4.44. The molecule has 1 aliphatic heterocycles. The molecule has 0 saturated carbocycles. The van der Waals surface area contributed by atoms with Crippen LogP contribution in [0.3, 0.4) is 0 Å². The average molecular weight is 269 g/mol. The fourth-order valence-electron chi connectivity index (χ4n) is 1.99. The summed E-state index contributed by atoms with van der Waals surface area (Å²) in [5, 5.41) is 3.39. The number of anilines is 1. The van der Waals surface area contributed by atoms with Gasteiger partial charge in [0.2, 0.25) is 5.91 Å². The molecule has 7 heteroatoms. The molecule has 5 nitrogen and oxygen atoms in total. The average Bonchev–Trinajstić information content (AvgIpc) is 2.71. The molecule has 1 fully saturated rings. The third kappa shape index (κ3) is 2.39. The Morgan fingerprint density at radius 3 is 3.11 bits per heavy atom. The van der Waals surface area contributed by atoms with Gasteiger partial charge in [0.25, 0.3) is 0 Å². The molecule has 0 bridgehead atoms. The zero-order chi connectivity index (χ0) is 13.1. The van der Waals surface area contributed by atoms with Gasteiger partial charge in [0.15, 0.2) is 0 Å². The standard InChI is InChI=1S/C11H10ClFN4O/c12-11-8(13)2-1-3-9(11)17-6-7(4-10(17)18)5-15-16-14/h1-3,7H,4-6H2. The van der Waals surface area contributed by atoms with Gasteiger partial charge < -0.3 is 4.90 Å². The molecule has 1 aromatic carbocycles. The van der Waals surface area contributed by atoms with Gasteiger partial charge in [0.1, 0.15) is 10.8 Å². The highest BCUT2D eigenvalue weighted by atomic mass is 35.5. The largest absolute Gasteiger partial charge is 0.311 e. The minimum Gasteiger partial charge on any atom is -0.311 e. The predicted octanol–water partition coefficient (Wildman–Crippen LogP) is 3.14. The SMILES string of the molecule is [N-]=[N+]=NCC1CC(=O)N(c2cccc(F)c2Cl)C1. The summed E-state index contributed by atoms with van der Waals surface area (Å²) in [6.07, 6.45) is 0.284. The van der Waals surface area contributed by atoms with Crippen molar-refractivity contribution in [3.05, 3.63) is 39.5 Å². The normalized spacial score (nSPS) is 18.9. The Labute approximate surface area is 108 Å². The number of hydrogen-bond acceptors (Lipinski definition) is 2. The number of carbonyl (C=O) groups is 1. The molecular formula is C11H10ClFN4O. The Hall–Kier alpha value is -1.78. The first-order valence-corrected chi connectivity index (χ1v) is 5.76. The van der Waals surface area contributed by atoms with Crippen molar-refractivity contribution in [2.24, 2.45) is 11.0 Å². The minimum atomic E-state index is -0.555. The monoisotopic (exact) mass is 268 g/mol. The lowest BCUT2D eigenvalue weighted by molar-refractivity contribution is -0.117. The second kappa shape index (κ2) is 5.25. The maximum atomic E-state index is 13.3. The van der Waals surface area contributed by atoms with E-state index in [1.165, 1.54) is 17.0 Å². The van der Waals surface area contributed by atoms with E-state index in [9.17, 15) is 9.18 Å². The van der Waals surface area contributed by atoms with E-state index in [2.05, 4.69) is 10.0 Å². The zero-order valence-corrected chi connectivity index (χ0v) is 10.1. The van der Waals surface area contributed by atoms with Gasteiger partial charge in [-0.3, -0.25) is 4.79 Å². The van der Waals surface area contributed by atoms with Crippen LogP contribution in [0.15, 0.2) is 23.3 Å². The summed E-state index contributed by atoms with van der Waals surface area (Å²) in [7, 11) is 0. The van der Waals surface area contributed by atoms with Crippen LogP contribution in [0.4, 0.5) is 10.1 Å². The van der Waals surface area contributed by atoms with Crippen molar-refractivity contribution in [3.8, 4) is 0 Å². The quantitative estimate of drug-likeness (QED) is 0.472. The Balaban J connectivity index is 2.21. The van der Waals surface area contributed by atoms with Crippen LogP contribution in [0.5, 0.6) is 0 Å². The number of benzene rings is 1. The van der Waals surface area contributed by atoms with Crippen molar-refractivity contribution in [2.75, 3.05) is 18.0 Å². The van der Waals surface area contributed by atoms with Crippen molar-refractivity contribution in [2.45, 2.75) is 6.42 Å². The van der Waals surface area contributed by atoms with Gasteiger partial charge in [-0.15, -0.1) is 0 Å². The van der Waals surface area contributed by atoms with Crippen LogP contribution in [0, 0.1) is 11.7 Å². The summed E-state index contributed by atoms with van der Waals surface area (Å²) in [5.74, 6) is -0.742. The Morgan fingerprint density at radius 1 is 1.61 bits per heavy atom. The lowest BCUT2D eigenvalue weighted by Crippen LogP contribution is -2.25. The number of amides is 1. The summed E-state index contributed by atoms with van der Waals surface area (Å²) < 4.78 is 13.3. The van der Waals surface area contributed by atoms with Crippen LogP contribution in [-0.4, -0.2) is 19.0 Å². The van der Waals surface area contributed by atoms with Gasteiger partial charge in [0, 0.05) is 24.4 Å². The molecule has 1 heterocycles. The van der Waals surface area contributed by atoms with Gasteiger partial charge in [-0.1, -0.05) is 22.8 Å². The van der Waals surface area contributed by atoms with Gasteiger partial charge in [-0.25, -0.2) is 4.39 Å². The fourth-order valence-corrected chi connectivity index (χ4v) is 2.22. The first-order chi connectivity index (χ1) is 8.63. The number of rotatable bonds is 3. The van der Waals surface area contributed by atoms with E-state index in [-0.39, 0.29) is 29.8 Å². The maximum Gasteiger partial charge on any atom is 0.227 e.